The van der Waals surface area contributed by atoms with Gasteiger partial charge in [0.15, 0.2) is 5.69 Å². The van der Waals surface area contributed by atoms with E-state index in [9.17, 15) is 4.79 Å². The van der Waals surface area contributed by atoms with E-state index in [2.05, 4.69) is 32.2 Å². The second-order valence-corrected chi connectivity index (χ2v) is 9.96. The maximum atomic E-state index is 12.9. The van der Waals surface area contributed by atoms with Gasteiger partial charge in [-0.2, -0.15) is 0 Å². The quantitative estimate of drug-likeness (QED) is 0.261. The number of nitrogens with one attached hydrogen (secondary N) is 1. The lowest BCUT2D eigenvalue weighted by Gasteiger charge is -2.29. The molecule has 5 rings (SSSR count). The van der Waals surface area contributed by atoms with Crippen LogP contribution < -0.4 is 10.1 Å². The number of aromatic nitrogens is 1. The van der Waals surface area contributed by atoms with Gasteiger partial charge in [0.05, 0.1) is 25.8 Å². The number of benzene rings is 3. The average molecular weight is 541 g/mol. The number of oxazole rings is 1. The number of carbonyl (C=O) groups is 1. The lowest BCUT2D eigenvalue weighted by molar-refractivity contribution is 0.0320. The molecule has 2 heterocycles. The largest absolute Gasteiger partial charge is 0.457 e. The number of rotatable bonds is 12. The van der Waals surface area contributed by atoms with Crippen LogP contribution in [-0.2, 0) is 17.8 Å². The monoisotopic (exact) mass is 540 g/mol. The highest BCUT2D eigenvalue weighted by atomic mass is 16.5. The van der Waals surface area contributed by atoms with E-state index in [1.807, 2.05) is 79.7 Å². The van der Waals surface area contributed by atoms with Gasteiger partial charge in [0.1, 0.15) is 17.8 Å². The summed E-state index contributed by atoms with van der Waals surface area (Å²) in [6, 6.07) is 27.6. The third-order valence-electron chi connectivity index (χ3n) is 6.91. The van der Waals surface area contributed by atoms with Crippen molar-refractivity contribution >= 4 is 5.91 Å². The molecule has 208 valence electrons. The fourth-order valence-electron chi connectivity index (χ4n) is 4.69. The van der Waals surface area contributed by atoms with Crippen LogP contribution in [0.25, 0.3) is 0 Å². The fraction of sp³-hybridized carbons (Fsp3) is 0.312. The van der Waals surface area contributed by atoms with Crippen molar-refractivity contribution in [2.75, 3.05) is 39.4 Å². The van der Waals surface area contributed by atoms with Crippen molar-refractivity contribution in [1.29, 1.82) is 0 Å². The Morgan fingerprint density at radius 3 is 2.48 bits per heavy atom. The Bertz CT molecular complexity index is 1340. The molecule has 1 fully saturated rings. The summed E-state index contributed by atoms with van der Waals surface area (Å²) in [5.41, 5.74) is 2.44. The zero-order valence-corrected chi connectivity index (χ0v) is 22.9. The summed E-state index contributed by atoms with van der Waals surface area (Å²) >= 11 is 0. The van der Waals surface area contributed by atoms with Crippen molar-refractivity contribution in [2.24, 2.45) is 0 Å². The second kappa shape index (κ2) is 13.9. The standard InChI is InChI=1S/C32H36N4O4/c1-25(27-10-4-2-5-11-27)33-32(37)30-24-39-31(34-30)23-36(16-15-35-17-19-38-20-18-35)22-26-9-8-14-29(21-26)40-28-12-6-3-7-13-28/h2-14,21,24-25H,15-20,22-23H2,1H3,(H,33,37). The number of amides is 1. The van der Waals surface area contributed by atoms with E-state index in [1.165, 1.54) is 6.26 Å². The molecule has 8 heteroatoms. The first-order chi connectivity index (χ1) is 19.6. The highest BCUT2D eigenvalue weighted by Crippen LogP contribution is 2.23. The van der Waals surface area contributed by atoms with Gasteiger partial charge in [-0.05, 0) is 42.3 Å². The second-order valence-electron chi connectivity index (χ2n) is 9.96. The van der Waals surface area contributed by atoms with Crippen LogP contribution in [0.5, 0.6) is 11.5 Å². The normalized spacial score (nSPS) is 14.7. The Labute approximate surface area is 235 Å². The third-order valence-corrected chi connectivity index (χ3v) is 6.91. The number of para-hydroxylation sites is 1. The molecule has 1 aromatic heterocycles. The SMILES string of the molecule is CC(NC(=O)c1coc(CN(CCN2CCOCC2)Cc2cccc(Oc3ccccc3)c2)n1)c1ccccc1. The molecule has 4 aromatic rings. The zero-order chi connectivity index (χ0) is 27.6. The van der Waals surface area contributed by atoms with Crippen molar-refractivity contribution in [3.05, 3.63) is 114 Å². The molecular formula is C32H36N4O4. The van der Waals surface area contributed by atoms with Crippen molar-refractivity contribution in [3.8, 4) is 11.5 Å². The molecule has 0 bridgehead atoms. The Hall–Kier alpha value is -3.98. The average Bonchev–Trinajstić information content (AvgIpc) is 3.46. The molecule has 1 N–H and O–H groups in total. The van der Waals surface area contributed by atoms with Gasteiger partial charge in [0.2, 0.25) is 5.89 Å². The lowest BCUT2D eigenvalue weighted by atomic mass is 10.1. The highest BCUT2D eigenvalue weighted by molar-refractivity contribution is 5.92. The molecule has 8 nitrogen and oxygen atoms in total. The van der Waals surface area contributed by atoms with Crippen LogP contribution in [0, 0.1) is 0 Å². The van der Waals surface area contributed by atoms with E-state index in [1.54, 1.807) is 0 Å². The summed E-state index contributed by atoms with van der Waals surface area (Å²) in [6.07, 6.45) is 1.44. The molecule has 1 atom stereocenters. The summed E-state index contributed by atoms with van der Waals surface area (Å²) in [6.45, 7) is 8.23. The van der Waals surface area contributed by atoms with Gasteiger partial charge in [-0.25, -0.2) is 4.98 Å². The Kier molecular flexibility index (Phi) is 9.58. The van der Waals surface area contributed by atoms with Crippen molar-refractivity contribution in [1.82, 2.24) is 20.1 Å². The summed E-state index contributed by atoms with van der Waals surface area (Å²) in [5.74, 6) is 1.85. The van der Waals surface area contributed by atoms with E-state index < -0.39 is 0 Å². The molecule has 0 aliphatic carbocycles. The molecule has 0 radical (unpaired) electrons. The van der Waals surface area contributed by atoms with Crippen LogP contribution in [0.15, 0.2) is 95.6 Å². The van der Waals surface area contributed by atoms with Crippen molar-refractivity contribution < 1.29 is 18.7 Å². The summed E-state index contributed by atoms with van der Waals surface area (Å²) < 4.78 is 17.3. The molecular weight excluding hydrogens is 504 g/mol. The first kappa shape index (κ1) is 27.6. The van der Waals surface area contributed by atoms with Gasteiger partial charge < -0.3 is 19.2 Å². The first-order valence-corrected chi connectivity index (χ1v) is 13.8. The predicted molar refractivity (Wildman–Crippen MR) is 153 cm³/mol. The molecule has 1 unspecified atom stereocenters. The van der Waals surface area contributed by atoms with E-state index in [0.29, 0.717) is 19.0 Å². The van der Waals surface area contributed by atoms with Crippen LogP contribution in [0.4, 0.5) is 0 Å². The molecule has 40 heavy (non-hydrogen) atoms. The maximum Gasteiger partial charge on any atom is 0.273 e. The zero-order valence-electron chi connectivity index (χ0n) is 22.9. The topological polar surface area (TPSA) is 80.1 Å². The van der Waals surface area contributed by atoms with E-state index >= 15 is 0 Å². The van der Waals surface area contributed by atoms with Gasteiger partial charge in [0, 0.05) is 32.7 Å². The fourth-order valence-corrected chi connectivity index (χ4v) is 4.69. The molecule has 1 aliphatic rings. The molecule has 1 aliphatic heterocycles. The summed E-state index contributed by atoms with van der Waals surface area (Å²) in [7, 11) is 0. The number of hydrogen-bond acceptors (Lipinski definition) is 7. The van der Waals surface area contributed by atoms with Crippen molar-refractivity contribution in [2.45, 2.75) is 26.1 Å². The summed E-state index contributed by atoms with van der Waals surface area (Å²) in [4.78, 5) is 22.1. The van der Waals surface area contributed by atoms with Crippen molar-refractivity contribution in [3.63, 3.8) is 0 Å². The number of nitrogens with zero attached hydrogens (tertiary/aromatic N) is 3. The minimum Gasteiger partial charge on any atom is -0.457 e. The minimum atomic E-state index is -0.253. The van der Waals surface area contributed by atoms with Gasteiger partial charge in [-0.15, -0.1) is 0 Å². The molecule has 0 saturated carbocycles. The molecule has 1 amide bonds. The Balaban J connectivity index is 1.24. The van der Waals surface area contributed by atoms with Crippen LogP contribution in [0.3, 0.4) is 0 Å². The van der Waals surface area contributed by atoms with E-state index in [4.69, 9.17) is 13.9 Å². The number of hydrogen-bond donors (Lipinski definition) is 1. The van der Waals surface area contributed by atoms with Gasteiger partial charge in [-0.1, -0.05) is 60.7 Å². The third kappa shape index (κ3) is 8.02. The Morgan fingerprint density at radius 1 is 0.975 bits per heavy atom. The lowest BCUT2D eigenvalue weighted by Crippen LogP contribution is -2.41. The van der Waals surface area contributed by atoms with Gasteiger partial charge in [0.25, 0.3) is 5.91 Å². The van der Waals surface area contributed by atoms with Crippen LogP contribution in [0.1, 0.15) is 40.5 Å². The predicted octanol–water partition coefficient (Wildman–Crippen LogP) is 5.29. The highest BCUT2D eigenvalue weighted by Gasteiger charge is 2.19. The number of morpholine rings is 1. The van der Waals surface area contributed by atoms with Crippen LogP contribution in [-0.4, -0.2) is 60.1 Å². The van der Waals surface area contributed by atoms with Gasteiger partial charge in [-0.3, -0.25) is 14.6 Å². The van der Waals surface area contributed by atoms with Crippen LogP contribution >= 0.6 is 0 Å². The van der Waals surface area contributed by atoms with Gasteiger partial charge >= 0.3 is 0 Å². The minimum absolute atomic E-state index is 0.135. The maximum absolute atomic E-state index is 12.9. The first-order valence-electron chi connectivity index (χ1n) is 13.8. The van der Waals surface area contributed by atoms with E-state index in [-0.39, 0.29) is 17.6 Å². The summed E-state index contributed by atoms with van der Waals surface area (Å²) in [5, 5.41) is 3.01. The molecule has 1 saturated heterocycles. The molecule has 3 aromatic carbocycles. The smallest absolute Gasteiger partial charge is 0.273 e. The number of carbonyl (C=O) groups excluding carboxylic acids is 1. The molecule has 0 spiro atoms. The Morgan fingerprint density at radius 2 is 1.70 bits per heavy atom. The number of ether oxygens (including phenoxy) is 2. The van der Waals surface area contributed by atoms with Crippen LogP contribution in [0.2, 0.25) is 0 Å². The van der Waals surface area contributed by atoms with E-state index in [0.717, 1.165) is 62.0 Å².